The molecule has 0 aromatic carbocycles. The molecule has 0 radical (unpaired) electrons. The summed E-state index contributed by atoms with van der Waals surface area (Å²) in [6.45, 7) is 3.97. The zero-order chi connectivity index (χ0) is 15.4. The van der Waals surface area contributed by atoms with Crippen molar-refractivity contribution in [1.82, 2.24) is 10.2 Å². The molecule has 1 amide bonds. The maximum Gasteiger partial charge on any atom is 0.246 e. The number of piperidine rings is 1. The zero-order valence-electron chi connectivity index (χ0n) is 14.1. The van der Waals surface area contributed by atoms with Crippen molar-refractivity contribution in [2.45, 2.75) is 63.8 Å². The molecule has 2 saturated carbocycles. The second kappa shape index (κ2) is 7.31. The highest BCUT2D eigenvalue weighted by Crippen LogP contribution is 2.49. The number of carbonyl (C=O) groups excluding carboxylic acids is 1. The highest BCUT2D eigenvalue weighted by Gasteiger charge is 2.48. The van der Waals surface area contributed by atoms with E-state index in [2.05, 4.69) is 10.2 Å². The van der Waals surface area contributed by atoms with E-state index < -0.39 is 0 Å². The van der Waals surface area contributed by atoms with Crippen LogP contribution in [0.1, 0.15) is 57.8 Å². The molecule has 1 aliphatic heterocycles. The van der Waals surface area contributed by atoms with Crippen molar-refractivity contribution in [2.75, 3.05) is 33.4 Å². The maximum absolute atomic E-state index is 11.8. The Labute approximate surface area is 135 Å². The van der Waals surface area contributed by atoms with Gasteiger partial charge in [-0.05, 0) is 62.9 Å². The van der Waals surface area contributed by atoms with Gasteiger partial charge in [-0.2, -0.15) is 0 Å². The molecule has 1 heterocycles. The standard InChI is InChI=1S/C18H32N2O2/c1-22-14-17(21)19-16-7-8-18(16)9-11-20(12-10-18)13-15-5-3-2-4-6-15/h15-16H,2-14H2,1H3,(H,19,21). The summed E-state index contributed by atoms with van der Waals surface area (Å²) in [5.74, 6) is 0.998. The van der Waals surface area contributed by atoms with Gasteiger partial charge < -0.3 is 15.0 Å². The van der Waals surface area contributed by atoms with Gasteiger partial charge in [0.1, 0.15) is 6.61 Å². The minimum Gasteiger partial charge on any atom is -0.375 e. The van der Waals surface area contributed by atoms with Crippen LogP contribution in [0.2, 0.25) is 0 Å². The fourth-order valence-corrected chi connectivity index (χ4v) is 4.80. The zero-order valence-corrected chi connectivity index (χ0v) is 14.1. The number of hydrogen-bond donors (Lipinski definition) is 1. The van der Waals surface area contributed by atoms with E-state index in [1.807, 2.05) is 0 Å². The van der Waals surface area contributed by atoms with Crippen LogP contribution < -0.4 is 5.32 Å². The predicted molar refractivity (Wildman–Crippen MR) is 87.7 cm³/mol. The van der Waals surface area contributed by atoms with Crippen LogP contribution in [0.25, 0.3) is 0 Å². The largest absolute Gasteiger partial charge is 0.375 e. The summed E-state index contributed by atoms with van der Waals surface area (Å²) in [7, 11) is 1.58. The highest BCUT2D eigenvalue weighted by molar-refractivity contribution is 5.77. The van der Waals surface area contributed by atoms with Crippen LogP contribution >= 0.6 is 0 Å². The maximum atomic E-state index is 11.8. The van der Waals surface area contributed by atoms with E-state index in [1.165, 1.54) is 71.0 Å². The fourth-order valence-electron chi connectivity index (χ4n) is 4.80. The van der Waals surface area contributed by atoms with Gasteiger partial charge in [0.2, 0.25) is 5.91 Å². The number of amides is 1. The van der Waals surface area contributed by atoms with Crippen molar-refractivity contribution in [1.29, 1.82) is 0 Å². The molecule has 3 aliphatic rings. The Balaban J connectivity index is 1.43. The summed E-state index contributed by atoms with van der Waals surface area (Å²) < 4.78 is 4.93. The first-order valence-electron chi connectivity index (χ1n) is 9.22. The summed E-state index contributed by atoms with van der Waals surface area (Å²) >= 11 is 0. The Kier molecular flexibility index (Phi) is 5.40. The van der Waals surface area contributed by atoms with Crippen LogP contribution in [0, 0.1) is 11.3 Å². The van der Waals surface area contributed by atoms with Gasteiger partial charge in [-0.3, -0.25) is 4.79 Å². The second-order valence-electron chi connectivity index (χ2n) is 7.76. The summed E-state index contributed by atoms with van der Waals surface area (Å²) in [6.07, 6.45) is 12.2. The van der Waals surface area contributed by atoms with Gasteiger partial charge in [-0.15, -0.1) is 0 Å². The first-order chi connectivity index (χ1) is 10.7. The molecule has 1 spiro atoms. The quantitative estimate of drug-likeness (QED) is 0.849. The van der Waals surface area contributed by atoms with E-state index >= 15 is 0 Å². The first-order valence-corrected chi connectivity index (χ1v) is 9.22. The Morgan fingerprint density at radius 3 is 2.45 bits per heavy atom. The number of carbonyl (C=O) groups is 1. The second-order valence-corrected chi connectivity index (χ2v) is 7.76. The van der Waals surface area contributed by atoms with Crippen LogP contribution in [0.3, 0.4) is 0 Å². The van der Waals surface area contributed by atoms with Crippen molar-refractivity contribution in [3.8, 4) is 0 Å². The number of nitrogens with zero attached hydrogens (tertiary/aromatic N) is 1. The molecular formula is C18H32N2O2. The van der Waals surface area contributed by atoms with Crippen molar-refractivity contribution < 1.29 is 9.53 Å². The Morgan fingerprint density at radius 2 is 1.86 bits per heavy atom. The van der Waals surface area contributed by atoms with Gasteiger partial charge in [0.15, 0.2) is 0 Å². The molecule has 0 aromatic heterocycles. The van der Waals surface area contributed by atoms with Gasteiger partial charge in [0, 0.05) is 19.7 Å². The molecular weight excluding hydrogens is 276 g/mol. The van der Waals surface area contributed by atoms with Gasteiger partial charge in [0.05, 0.1) is 0 Å². The Hall–Kier alpha value is -0.610. The third-order valence-electron chi connectivity index (χ3n) is 6.37. The Bertz CT molecular complexity index is 371. The monoisotopic (exact) mass is 308 g/mol. The van der Waals surface area contributed by atoms with Gasteiger partial charge in [0.25, 0.3) is 0 Å². The van der Waals surface area contributed by atoms with Crippen molar-refractivity contribution in [3.63, 3.8) is 0 Å². The third-order valence-corrected chi connectivity index (χ3v) is 6.37. The molecule has 0 bridgehead atoms. The molecule has 3 rings (SSSR count). The molecule has 1 unspecified atom stereocenters. The Morgan fingerprint density at radius 1 is 1.14 bits per heavy atom. The van der Waals surface area contributed by atoms with Gasteiger partial charge in [-0.1, -0.05) is 19.3 Å². The summed E-state index contributed by atoms with van der Waals surface area (Å²) in [6, 6.07) is 0.395. The lowest BCUT2D eigenvalue weighted by Gasteiger charge is -2.54. The SMILES string of the molecule is COCC(=O)NC1CCC12CCN(CC1CCCCC1)CC2. The molecule has 1 saturated heterocycles. The molecule has 4 nitrogen and oxygen atoms in total. The fraction of sp³-hybridized carbons (Fsp3) is 0.944. The minimum atomic E-state index is 0.0520. The molecule has 126 valence electrons. The van der Waals surface area contributed by atoms with Crippen molar-refractivity contribution in [3.05, 3.63) is 0 Å². The van der Waals surface area contributed by atoms with Crippen LogP contribution in [-0.4, -0.2) is 50.2 Å². The highest BCUT2D eigenvalue weighted by atomic mass is 16.5. The number of ether oxygens (including phenoxy) is 1. The molecule has 0 aromatic rings. The number of nitrogens with one attached hydrogen (secondary N) is 1. The normalized spacial score (nSPS) is 29.2. The summed E-state index contributed by atoms with van der Waals surface area (Å²) in [5.41, 5.74) is 0.395. The number of rotatable bonds is 5. The number of hydrogen-bond acceptors (Lipinski definition) is 3. The average molecular weight is 308 g/mol. The van der Waals surface area contributed by atoms with Crippen LogP contribution in [0.4, 0.5) is 0 Å². The molecule has 3 fully saturated rings. The lowest BCUT2D eigenvalue weighted by atomic mass is 9.59. The molecule has 22 heavy (non-hydrogen) atoms. The van der Waals surface area contributed by atoms with E-state index in [4.69, 9.17) is 4.74 Å². The summed E-state index contributed by atoms with van der Waals surface area (Å²) in [5, 5.41) is 3.19. The van der Waals surface area contributed by atoms with E-state index in [0.29, 0.717) is 11.5 Å². The molecule has 2 aliphatic carbocycles. The topological polar surface area (TPSA) is 41.6 Å². The van der Waals surface area contributed by atoms with Gasteiger partial charge in [-0.25, -0.2) is 0 Å². The third kappa shape index (κ3) is 3.65. The average Bonchev–Trinajstić information content (AvgIpc) is 2.54. The van der Waals surface area contributed by atoms with Crippen LogP contribution in [-0.2, 0) is 9.53 Å². The van der Waals surface area contributed by atoms with Crippen LogP contribution in [0.15, 0.2) is 0 Å². The van der Waals surface area contributed by atoms with E-state index in [-0.39, 0.29) is 12.5 Å². The number of likely N-dealkylation sites (tertiary alicyclic amines) is 1. The lowest BCUT2D eigenvalue weighted by Crippen LogP contribution is -2.59. The minimum absolute atomic E-state index is 0.0520. The number of methoxy groups -OCH3 is 1. The molecule has 4 heteroatoms. The lowest BCUT2D eigenvalue weighted by molar-refractivity contribution is -0.129. The van der Waals surface area contributed by atoms with Crippen molar-refractivity contribution >= 4 is 5.91 Å². The van der Waals surface area contributed by atoms with E-state index in [0.717, 1.165) is 12.3 Å². The van der Waals surface area contributed by atoms with Crippen LogP contribution in [0.5, 0.6) is 0 Å². The molecule has 1 atom stereocenters. The smallest absolute Gasteiger partial charge is 0.246 e. The van der Waals surface area contributed by atoms with E-state index in [9.17, 15) is 4.79 Å². The van der Waals surface area contributed by atoms with Crippen molar-refractivity contribution in [2.24, 2.45) is 11.3 Å². The molecule has 1 N–H and O–H groups in total. The first kappa shape index (κ1) is 16.3. The van der Waals surface area contributed by atoms with Gasteiger partial charge >= 0.3 is 0 Å². The summed E-state index contributed by atoms with van der Waals surface area (Å²) in [4.78, 5) is 14.4. The van der Waals surface area contributed by atoms with E-state index in [1.54, 1.807) is 7.11 Å². The predicted octanol–water partition coefficient (Wildman–Crippen LogP) is 2.57.